The number of fused-ring (bicyclic) bond motifs is 5. The Morgan fingerprint density at radius 2 is 1.82 bits per heavy atom. The molecule has 0 spiro atoms. The molecule has 0 saturated carbocycles. The Kier molecular flexibility index (Phi) is 6.55. The minimum Gasteiger partial charge on any atom is -0.481 e. The van der Waals surface area contributed by atoms with Crippen LogP contribution in [0.3, 0.4) is 0 Å². The Bertz CT molecular complexity index is 1610. The maximum Gasteiger partial charge on any atom is 0.308 e. The van der Waals surface area contributed by atoms with Crippen molar-refractivity contribution in [3.63, 3.8) is 0 Å². The van der Waals surface area contributed by atoms with Gasteiger partial charge in [-0.15, -0.1) is 0 Å². The lowest BCUT2D eigenvalue weighted by atomic mass is 9.80. The molecule has 0 unspecified atom stereocenters. The molecule has 1 N–H and O–H groups in total. The molecule has 0 atom stereocenters. The largest absolute Gasteiger partial charge is 0.481 e. The van der Waals surface area contributed by atoms with Gasteiger partial charge in [-0.3, -0.25) is 4.79 Å². The summed E-state index contributed by atoms with van der Waals surface area (Å²) in [6.45, 7) is 5.89. The fourth-order valence-electron chi connectivity index (χ4n) is 5.92. The number of carboxylic acid groups (broad SMARTS) is 1. The van der Waals surface area contributed by atoms with E-state index in [-0.39, 0.29) is 11.8 Å². The lowest BCUT2D eigenvalue weighted by Crippen LogP contribution is -2.39. The van der Waals surface area contributed by atoms with Crippen LogP contribution < -0.4 is 4.90 Å². The summed E-state index contributed by atoms with van der Waals surface area (Å²) < 4.78 is 1.87. The maximum atomic E-state index is 11.9. The number of aryl methyl sites for hydroxylation is 2. The first kappa shape index (κ1) is 25.1. The number of benzene rings is 2. The van der Waals surface area contributed by atoms with Crippen molar-refractivity contribution in [2.75, 3.05) is 18.0 Å². The second kappa shape index (κ2) is 10.2. The molecule has 6 nitrogen and oxygen atoms in total. The topological polar surface area (TPSA) is 70.7 Å². The fraction of sp³-hybridized carbons (Fsp3) is 0.303. The van der Waals surface area contributed by atoms with Crippen LogP contribution in [0.4, 0.5) is 5.82 Å². The van der Waals surface area contributed by atoms with Crippen LogP contribution in [0.15, 0.2) is 78.9 Å². The van der Waals surface area contributed by atoms with Gasteiger partial charge in [-0.2, -0.15) is 9.61 Å². The number of carbonyl (C=O) groups is 1. The van der Waals surface area contributed by atoms with Crippen LogP contribution >= 0.6 is 0 Å². The third-order valence-electron chi connectivity index (χ3n) is 8.23. The van der Waals surface area contributed by atoms with E-state index in [2.05, 4.69) is 84.7 Å². The van der Waals surface area contributed by atoms with Gasteiger partial charge in [0.05, 0.1) is 12.1 Å². The van der Waals surface area contributed by atoms with Gasteiger partial charge >= 0.3 is 5.97 Å². The smallest absolute Gasteiger partial charge is 0.308 e. The molecular weight excluding hydrogens is 484 g/mol. The van der Waals surface area contributed by atoms with Gasteiger partial charge in [0.15, 0.2) is 5.65 Å². The first-order valence-corrected chi connectivity index (χ1v) is 13.8. The van der Waals surface area contributed by atoms with E-state index >= 15 is 0 Å². The van der Waals surface area contributed by atoms with Crippen molar-refractivity contribution in [3.05, 3.63) is 95.7 Å². The average Bonchev–Trinajstić information content (AvgIpc) is 3.35. The predicted molar refractivity (Wildman–Crippen MR) is 156 cm³/mol. The number of piperidine rings is 1. The van der Waals surface area contributed by atoms with Crippen molar-refractivity contribution in [2.24, 2.45) is 5.41 Å². The Morgan fingerprint density at radius 1 is 1.03 bits per heavy atom. The van der Waals surface area contributed by atoms with Crippen LogP contribution in [0, 0.1) is 12.3 Å². The summed E-state index contributed by atoms with van der Waals surface area (Å²) in [5.41, 5.74) is 7.89. The monoisotopic (exact) mass is 518 g/mol. The van der Waals surface area contributed by atoms with Gasteiger partial charge in [-0.1, -0.05) is 73.7 Å². The quantitative estimate of drug-likeness (QED) is 0.321. The highest BCUT2D eigenvalue weighted by molar-refractivity contribution is 5.77. The SMILES string of the molecule is Cc1nc2cc3nn2c(c1CC(=O)O)N1CCC(C)(/C=C/C=C/CCc2ccccc2-c2cccc-3c2)CC1. The molecule has 0 aliphatic carbocycles. The molecule has 1 saturated heterocycles. The lowest BCUT2D eigenvalue weighted by Gasteiger charge is -2.39. The van der Waals surface area contributed by atoms with Gasteiger partial charge in [-0.25, -0.2) is 4.98 Å². The molecule has 4 aromatic rings. The highest BCUT2D eigenvalue weighted by Crippen LogP contribution is 2.37. The minimum absolute atomic E-state index is 0.0793. The number of hydrogen-bond acceptors (Lipinski definition) is 4. The van der Waals surface area contributed by atoms with Gasteiger partial charge in [0.25, 0.3) is 0 Å². The number of rotatable bonds is 2. The van der Waals surface area contributed by atoms with Crippen LogP contribution in [0.2, 0.25) is 0 Å². The molecule has 3 aliphatic rings. The van der Waals surface area contributed by atoms with Crippen LogP contribution in [0.25, 0.3) is 28.0 Å². The third kappa shape index (κ3) is 4.99. The van der Waals surface area contributed by atoms with E-state index in [0.717, 1.165) is 78.3 Å². The van der Waals surface area contributed by atoms with Crippen molar-refractivity contribution in [1.29, 1.82) is 0 Å². The molecule has 1 fully saturated rings. The van der Waals surface area contributed by atoms with Crippen molar-refractivity contribution in [3.8, 4) is 22.4 Å². The second-order valence-electron chi connectivity index (χ2n) is 11.1. The average molecular weight is 519 g/mol. The zero-order valence-electron chi connectivity index (χ0n) is 22.6. The number of allylic oxidation sites excluding steroid dienone is 4. The first-order valence-electron chi connectivity index (χ1n) is 13.8. The number of anilines is 1. The van der Waals surface area contributed by atoms with E-state index in [1.807, 2.05) is 17.5 Å². The van der Waals surface area contributed by atoms with Crippen molar-refractivity contribution >= 4 is 17.4 Å². The molecular formula is C33H34N4O2. The van der Waals surface area contributed by atoms with Gasteiger partial charge in [-0.05, 0) is 60.8 Å². The molecule has 0 radical (unpaired) electrons. The summed E-state index contributed by atoms with van der Waals surface area (Å²) >= 11 is 0. The zero-order valence-corrected chi connectivity index (χ0v) is 22.6. The molecule has 2 aromatic heterocycles. The van der Waals surface area contributed by atoms with Crippen molar-refractivity contribution < 1.29 is 9.90 Å². The molecule has 39 heavy (non-hydrogen) atoms. The van der Waals surface area contributed by atoms with Crippen LogP contribution in [0.5, 0.6) is 0 Å². The number of hydrogen-bond donors (Lipinski definition) is 1. The maximum absolute atomic E-state index is 11.9. The van der Waals surface area contributed by atoms with E-state index in [1.165, 1.54) is 11.1 Å². The zero-order chi connectivity index (χ0) is 27.0. The Balaban J connectivity index is 1.54. The minimum atomic E-state index is -0.860. The molecule has 198 valence electrons. The molecule has 6 heteroatoms. The number of aromatic nitrogens is 3. The summed E-state index contributed by atoms with van der Waals surface area (Å²) in [7, 11) is 0. The van der Waals surface area contributed by atoms with E-state index < -0.39 is 5.97 Å². The summed E-state index contributed by atoms with van der Waals surface area (Å²) in [4.78, 5) is 19.0. The van der Waals surface area contributed by atoms with Crippen LogP contribution in [0.1, 0.15) is 43.0 Å². The molecule has 6 bridgehead atoms. The summed E-state index contributed by atoms with van der Waals surface area (Å²) in [5, 5.41) is 14.8. The number of aliphatic carboxylic acids is 1. The van der Waals surface area contributed by atoms with E-state index in [1.54, 1.807) is 0 Å². The Labute approximate surface area is 229 Å². The predicted octanol–water partition coefficient (Wildman–Crippen LogP) is 6.66. The van der Waals surface area contributed by atoms with Crippen LogP contribution in [-0.4, -0.2) is 38.8 Å². The molecule has 7 rings (SSSR count). The molecule has 0 amide bonds. The van der Waals surface area contributed by atoms with Gasteiger partial charge in [0, 0.05) is 36.0 Å². The lowest BCUT2D eigenvalue weighted by molar-refractivity contribution is -0.136. The summed E-state index contributed by atoms with van der Waals surface area (Å²) in [6.07, 6.45) is 12.8. The first-order chi connectivity index (χ1) is 18.9. The van der Waals surface area contributed by atoms with Crippen molar-refractivity contribution in [1.82, 2.24) is 14.6 Å². The van der Waals surface area contributed by atoms with E-state index in [0.29, 0.717) is 0 Å². The van der Waals surface area contributed by atoms with Gasteiger partial charge < -0.3 is 10.0 Å². The highest BCUT2D eigenvalue weighted by Gasteiger charge is 2.31. The highest BCUT2D eigenvalue weighted by atomic mass is 16.4. The van der Waals surface area contributed by atoms with Gasteiger partial charge in [0.2, 0.25) is 0 Å². The van der Waals surface area contributed by atoms with Gasteiger partial charge in [0.1, 0.15) is 5.82 Å². The Hall–Kier alpha value is -4.19. The number of carboxylic acids is 1. The second-order valence-corrected chi connectivity index (χ2v) is 11.1. The molecule has 3 aliphatic heterocycles. The van der Waals surface area contributed by atoms with E-state index in [9.17, 15) is 9.90 Å². The Morgan fingerprint density at radius 3 is 2.64 bits per heavy atom. The van der Waals surface area contributed by atoms with Crippen LogP contribution in [-0.2, 0) is 17.6 Å². The van der Waals surface area contributed by atoms with E-state index in [4.69, 9.17) is 10.1 Å². The molecule has 5 heterocycles. The summed E-state index contributed by atoms with van der Waals surface area (Å²) in [5.74, 6) is -0.00201. The normalized spacial score (nSPS) is 18.3. The fourth-order valence-corrected chi connectivity index (χ4v) is 5.92. The van der Waals surface area contributed by atoms with Crippen molar-refractivity contribution in [2.45, 2.75) is 46.0 Å². The number of nitrogens with zero attached hydrogens (tertiary/aromatic N) is 4. The molecule has 2 aromatic carbocycles. The standard InChI is InChI=1S/C33H34N4O2/c1-23-28(21-31(38)39)32-36-18-16-33(2,17-19-36)15-8-4-3-5-10-24-11-6-7-14-27(24)25-12-9-13-26(20-25)29-22-30(34-23)37(32)35-29/h3-4,6-9,11-15,20,22H,5,10,16-19,21H2,1-2H3,(H,38,39)/b4-3+,15-8+. The summed E-state index contributed by atoms with van der Waals surface area (Å²) in [6, 6.07) is 19.2. The third-order valence-corrected chi connectivity index (χ3v) is 8.23.